The van der Waals surface area contributed by atoms with Crippen molar-refractivity contribution in [2.75, 3.05) is 11.1 Å². The maximum Gasteiger partial charge on any atom is 0.269 e. The average Bonchev–Trinajstić information content (AvgIpc) is 2.96. The van der Waals surface area contributed by atoms with Crippen molar-refractivity contribution in [2.45, 2.75) is 40.0 Å². The Kier molecular flexibility index (Phi) is 4.79. The molecule has 0 unspecified atom stereocenters. The average molecular weight is 415 g/mol. The highest BCUT2D eigenvalue weighted by Crippen LogP contribution is 2.40. The number of nitrogens with two attached hydrogens (primary N) is 1. The second-order valence-electron chi connectivity index (χ2n) is 8.41. The van der Waals surface area contributed by atoms with Crippen molar-refractivity contribution in [3.8, 4) is 0 Å². The molecule has 0 bridgehead atoms. The molecule has 3 aromatic rings. The topological polar surface area (TPSA) is 80.9 Å². The third-order valence-corrected chi connectivity index (χ3v) is 6.82. The molecule has 7 heteroatoms. The van der Waals surface area contributed by atoms with Gasteiger partial charge in [-0.05, 0) is 54.4 Å². The van der Waals surface area contributed by atoms with Crippen molar-refractivity contribution < 1.29 is 4.79 Å². The first-order valence-electron chi connectivity index (χ1n) is 9.36. The normalized spacial score (nSPS) is 16.8. The van der Waals surface area contributed by atoms with Crippen molar-refractivity contribution in [1.82, 2.24) is 9.97 Å². The summed E-state index contributed by atoms with van der Waals surface area (Å²) in [4.78, 5) is 22.9. The SMILES string of the molecule is CC(C)(C)[C@H]1CCc2nc3sc(C(=O)Nc4ccc(Cl)cn4)c(N)c3cc2C1. The van der Waals surface area contributed by atoms with Gasteiger partial charge >= 0.3 is 0 Å². The van der Waals surface area contributed by atoms with Gasteiger partial charge in [-0.3, -0.25) is 4.79 Å². The number of thiophene rings is 1. The van der Waals surface area contributed by atoms with Crippen LogP contribution in [0.1, 0.15) is 48.1 Å². The third kappa shape index (κ3) is 3.59. The number of hydrogen-bond acceptors (Lipinski definition) is 5. The number of halogens is 1. The van der Waals surface area contributed by atoms with E-state index in [1.165, 1.54) is 23.1 Å². The van der Waals surface area contributed by atoms with Gasteiger partial charge in [0.25, 0.3) is 5.91 Å². The van der Waals surface area contributed by atoms with Crippen LogP contribution in [0, 0.1) is 11.3 Å². The summed E-state index contributed by atoms with van der Waals surface area (Å²) in [5.74, 6) is 0.783. The van der Waals surface area contributed by atoms with Crippen molar-refractivity contribution >= 4 is 50.6 Å². The predicted octanol–water partition coefficient (Wildman–Crippen LogP) is 5.33. The first-order valence-corrected chi connectivity index (χ1v) is 10.6. The molecule has 0 aliphatic heterocycles. The zero-order valence-electron chi connectivity index (χ0n) is 16.2. The molecule has 1 aliphatic carbocycles. The number of aryl methyl sites for hydroxylation is 1. The molecule has 0 saturated heterocycles. The molecule has 3 N–H and O–H groups in total. The van der Waals surface area contributed by atoms with Crippen LogP contribution in [-0.2, 0) is 12.8 Å². The quantitative estimate of drug-likeness (QED) is 0.593. The van der Waals surface area contributed by atoms with Gasteiger partial charge in [-0.2, -0.15) is 0 Å². The molecule has 4 rings (SSSR count). The molecular weight excluding hydrogens is 392 g/mol. The number of carbonyl (C=O) groups is 1. The fourth-order valence-corrected chi connectivity index (χ4v) is 4.82. The Balaban J connectivity index is 1.65. The summed E-state index contributed by atoms with van der Waals surface area (Å²) in [5, 5.41) is 4.16. The van der Waals surface area contributed by atoms with Crippen LogP contribution in [0.3, 0.4) is 0 Å². The van der Waals surface area contributed by atoms with Gasteiger partial charge in [-0.25, -0.2) is 9.97 Å². The zero-order chi connectivity index (χ0) is 20.1. The minimum absolute atomic E-state index is 0.267. The number of hydrogen-bond donors (Lipinski definition) is 2. The number of pyridine rings is 2. The summed E-state index contributed by atoms with van der Waals surface area (Å²) >= 11 is 7.17. The van der Waals surface area contributed by atoms with Crippen molar-refractivity contribution in [3.05, 3.63) is 45.6 Å². The van der Waals surface area contributed by atoms with E-state index >= 15 is 0 Å². The maximum atomic E-state index is 12.7. The van der Waals surface area contributed by atoms with Crippen LogP contribution in [0.2, 0.25) is 5.02 Å². The van der Waals surface area contributed by atoms with E-state index in [9.17, 15) is 4.79 Å². The molecule has 0 fully saturated rings. The van der Waals surface area contributed by atoms with E-state index in [1.54, 1.807) is 12.1 Å². The lowest BCUT2D eigenvalue weighted by Crippen LogP contribution is -2.27. The number of carbonyl (C=O) groups excluding carboxylic acids is 1. The van der Waals surface area contributed by atoms with Gasteiger partial charge in [0.2, 0.25) is 0 Å². The highest BCUT2D eigenvalue weighted by atomic mass is 35.5. The highest BCUT2D eigenvalue weighted by Gasteiger charge is 2.30. The number of nitrogens with one attached hydrogen (secondary N) is 1. The van der Waals surface area contributed by atoms with Gasteiger partial charge in [-0.1, -0.05) is 32.4 Å². The molecule has 5 nitrogen and oxygen atoms in total. The van der Waals surface area contributed by atoms with E-state index in [4.69, 9.17) is 22.3 Å². The van der Waals surface area contributed by atoms with Crippen molar-refractivity contribution in [3.63, 3.8) is 0 Å². The van der Waals surface area contributed by atoms with Crippen LogP contribution >= 0.6 is 22.9 Å². The van der Waals surface area contributed by atoms with E-state index in [1.807, 2.05) is 0 Å². The van der Waals surface area contributed by atoms with E-state index in [0.717, 1.165) is 35.2 Å². The van der Waals surface area contributed by atoms with Crippen LogP contribution in [0.5, 0.6) is 0 Å². The van der Waals surface area contributed by atoms with Gasteiger partial charge in [-0.15, -0.1) is 11.3 Å². The minimum Gasteiger partial charge on any atom is -0.397 e. The van der Waals surface area contributed by atoms with E-state index in [2.05, 4.69) is 37.1 Å². The third-order valence-electron chi connectivity index (χ3n) is 5.49. The largest absolute Gasteiger partial charge is 0.397 e. The fraction of sp³-hybridized carbons (Fsp3) is 0.381. The number of amides is 1. The van der Waals surface area contributed by atoms with Gasteiger partial charge in [0.05, 0.1) is 10.7 Å². The second-order valence-corrected chi connectivity index (χ2v) is 9.85. The number of fused-ring (bicyclic) bond motifs is 2. The van der Waals surface area contributed by atoms with Crippen LogP contribution in [0.4, 0.5) is 11.5 Å². The molecule has 28 heavy (non-hydrogen) atoms. The lowest BCUT2D eigenvalue weighted by Gasteiger charge is -2.34. The summed E-state index contributed by atoms with van der Waals surface area (Å²) in [5.41, 5.74) is 9.49. The molecular formula is C21H23ClN4OS. The van der Waals surface area contributed by atoms with E-state index in [-0.39, 0.29) is 11.3 Å². The van der Waals surface area contributed by atoms with Gasteiger partial charge in [0.1, 0.15) is 15.5 Å². The fourth-order valence-electron chi connectivity index (χ4n) is 3.72. The maximum absolute atomic E-state index is 12.7. The van der Waals surface area contributed by atoms with Crippen LogP contribution in [0.15, 0.2) is 24.4 Å². The second kappa shape index (κ2) is 7.01. The summed E-state index contributed by atoms with van der Waals surface area (Å²) in [6.07, 6.45) is 4.62. The van der Waals surface area contributed by atoms with Gasteiger partial charge in [0.15, 0.2) is 0 Å². The van der Waals surface area contributed by atoms with Crippen LogP contribution in [-0.4, -0.2) is 15.9 Å². The van der Waals surface area contributed by atoms with E-state index in [0.29, 0.717) is 27.3 Å². The summed E-state index contributed by atoms with van der Waals surface area (Å²) in [6.45, 7) is 6.88. The summed E-state index contributed by atoms with van der Waals surface area (Å²) in [7, 11) is 0. The molecule has 1 aliphatic rings. The predicted molar refractivity (Wildman–Crippen MR) is 116 cm³/mol. The standard InChI is InChI=1S/C21H23ClN4OS/c1-21(2,3)12-4-6-15-11(8-12)9-14-17(23)18(28-20(14)25-15)19(27)26-16-7-5-13(22)10-24-16/h5,7,9-10,12H,4,6,8,23H2,1-3H3,(H,24,26,27)/t12-/m0/s1. The molecule has 3 aromatic heterocycles. The highest BCUT2D eigenvalue weighted by molar-refractivity contribution is 7.21. The number of rotatable bonds is 2. The first-order chi connectivity index (χ1) is 13.2. The molecule has 3 heterocycles. The molecule has 1 amide bonds. The molecule has 1 atom stereocenters. The Bertz CT molecular complexity index is 1050. The van der Waals surface area contributed by atoms with Crippen LogP contribution < -0.4 is 11.1 Å². The number of aromatic nitrogens is 2. The first kappa shape index (κ1) is 19.2. The zero-order valence-corrected chi connectivity index (χ0v) is 17.7. The number of nitrogen functional groups attached to an aromatic ring is 1. The monoisotopic (exact) mass is 414 g/mol. The Morgan fingerprint density at radius 1 is 1.36 bits per heavy atom. The smallest absolute Gasteiger partial charge is 0.269 e. The summed E-state index contributed by atoms with van der Waals surface area (Å²) < 4.78 is 0. The Morgan fingerprint density at radius 3 is 2.82 bits per heavy atom. The molecule has 146 valence electrons. The van der Waals surface area contributed by atoms with Gasteiger partial charge < -0.3 is 11.1 Å². The molecule has 0 aromatic carbocycles. The number of anilines is 2. The van der Waals surface area contributed by atoms with Gasteiger partial charge in [0, 0.05) is 17.3 Å². The van der Waals surface area contributed by atoms with Crippen molar-refractivity contribution in [2.24, 2.45) is 11.3 Å². The van der Waals surface area contributed by atoms with Crippen LogP contribution in [0.25, 0.3) is 10.2 Å². The molecule has 0 spiro atoms. The molecule has 0 saturated carbocycles. The Morgan fingerprint density at radius 2 is 2.14 bits per heavy atom. The van der Waals surface area contributed by atoms with E-state index < -0.39 is 0 Å². The summed E-state index contributed by atoms with van der Waals surface area (Å²) in [6, 6.07) is 5.48. The lowest BCUT2D eigenvalue weighted by molar-refractivity contribution is 0.103. The lowest BCUT2D eigenvalue weighted by atomic mass is 9.71. The Hall–Kier alpha value is -2.18. The number of nitrogens with zero attached hydrogens (tertiary/aromatic N) is 2. The van der Waals surface area contributed by atoms with Crippen molar-refractivity contribution in [1.29, 1.82) is 0 Å². The molecule has 0 radical (unpaired) electrons. The Labute approximate surface area is 173 Å². The minimum atomic E-state index is -0.277.